The average Bonchev–Trinajstić information content (AvgIpc) is 2.89. The van der Waals surface area contributed by atoms with Crippen LogP contribution in [0.25, 0.3) is 11.3 Å². The number of aromatic amines is 1. The molecule has 3 heteroatoms. The minimum absolute atomic E-state index is 1.07. The number of likely N-dealkylation sites (N-methyl/N-ethyl adjacent to an activating group) is 1. The van der Waals surface area contributed by atoms with E-state index in [1.165, 1.54) is 48.7 Å². The van der Waals surface area contributed by atoms with Crippen molar-refractivity contribution in [1.82, 2.24) is 14.8 Å². The number of rotatable bonds is 3. The number of aryl methyl sites for hydroxylation is 1. The lowest BCUT2D eigenvalue weighted by atomic mass is 10.1. The van der Waals surface area contributed by atoms with Crippen LogP contribution in [0.1, 0.15) is 11.3 Å². The van der Waals surface area contributed by atoms with Gasteiger partial charge in [-0.1, -0.05) is 24.3 Å². The lowest BCUT2D eigenvalue weighted by Crippen LogP contribution is -2.43. The second kappa shape index (κ2) is 5.81. The molecule has 3 nitrogen and oxygen atoms in total. The summed E-state index contributed by atoms with van der Waals surface area (Å²) in [5.41, 5.74) is 5.08. The van der Waals surface area contributed by atoms with Crippen molar-refractivity contribution < 1.29 is 0 Å². The maximum absolute atomic E-state index is 3.38. The van der Waals surface area contributed by atoms with E-state index in [1.807, 2.05) is 0 Å². The summed E-state index contributed by atoms with van der Waals surface area (Å²) in [7, 11) is 2.20. The van der Waals surface area contributed by atoms with Crippen LogP contribution >= 0.6 is 0 Å². The summed E-state index contributed by atoms with van der Waals surface area (Å²) >= 11 is 0. The average molecular weight is 269 g/mol. The highest BCUT2D eigenvalue weighted by Crippen LogP contribution is 2.19. The molecular formula is C17H23N3. The van der Waals surface area contributed by atoms with Crippen molar-refractivity contribution in [3.63, 3.8) is 0 Å². The largest absolute Gasteiger partial charge is 0.359 e. The highest BCUT2D eigenvalue weighted by Gasteiger charge is 2.13. The molecule has 1 aliphatic heterocycles. The Morgan fingerprint density at radius 3 is 2.25 bits per heavy atom. The summed E-state index contributed by atoms with van der Waals surface area (Å²) in [6.07, 6.45) is 0. The van der Waals surface area contributed by atoms with Crippen LogP contribution in [-0.4, -0.2) is 48.0 Å². The Morgan fingerprint density at radius 1 is 0.950 bits per heavy atom. The number of H-pyrrole nitrogens is 1. The van der Waals surface area contributed by atoms with Crippen molar-refractivity contribution in [3.8, 4) is 11.3 Å². The van der Waals surface area contributed by atoms with E-state index in [9.17, 15) is 0 Å². The first kappa shape index (κ1) is 13.4. The standard InChI is InChI=1S/C17H23N3/c1-14-3-8-17(18-14)16-6-4-15(5-7-16)13-20-11-9-19(2)10-12-20/h3-8,18H,9-13H2,1-2H3. The molecule has 106 valence electrons. The molecule has 0 unspecified atom stereocenters. The third-order valence-electron chi connectivity index (χ3n) is 4.10. The fraction of sp³-hybridized carbons (Fsp3) is 0.412. The van der Waals surface area contributed by atoms with Gasteiger partial charge in [-0.15, -0.1) is 0 Å². The Bertz CT molecular complexity index is 548. The molecule has 0 bridgehead atoms. The van der Waals surface area contributed by atoms with Gasteiger partial charge in [-0.2, -0.15) is 0 Å². The fourth-order valence-corrected chi connectivity index (χ4v) is 2.73. The van der Waals surface area contributed by atoms with E-state index in [2.05, 4.69) is 65.2 Å². The first-order valence-corrected chi connectivity index (χ1v) is 7.36. The van der Waals surface area contributed by atoms with Crippen molar-refractivity contribution in [2.24, 2.45) is 0 Å². The van der Waals surface area contributed by atoms with Crippen LogP contribution in [0, 0.1) is 6.92 Å². The van der Waals surface area contributed by atoms with Crippen LogP contribution < -0.4 is 0 Å². The highest BCUT2D eigenvalue weighted by molar-refractivity contribution is 5.60. The van der Waals surface area contributed by atoms with E-state index in [-0.39, 0.29) is 0 Å². The normalized spacial score (nSPS) is 17.5. The molecule has 0 atom stereocenters. The van der Waals surface area contributed by atoms with Gasteiger partial charge in [-0.05, 0) is 37.2 Å². The molecule has 1 aromatic heterocycles. The van der Waals surface area contributed by atoms with Gasteiger partial charge in [0.1, 0.15) is 0 Å². The number of hydrogen-bond donors (Lipinski definition) is 1. The maximum Gasteiger partial charge on any atom is 0.0455 e. The monoisotopic (exact) mass is 269 g/mol. The Kier molecular flexibility index (Phi) is 3.90. The van der Waals surface area contributed by atoms with Gasteiger partial charge >= 0.3 is 0 Å². The first-order chi connectivity index (χ1) is 9.70. The van der Waals surface area contributed by atoms with Gasteiger partial charge in [0.25, 0.3) is 0 Å². The van der Waals surface area contributed by atoms with Crippen LogP contribution in [0.2, 0.25) is 0 Å². The molecule has 0 amide bonds. The van der Waals surface area contributed by atoms with Crippen LogP contribution in [0.15, 0.2) is 36.4 Å². The molecule has 1 aromatic carbocycles. The predicted molar refractivity (Wildman–Crippen MR) is 83.7 cm³/mol. The van der Waals surface area contributed by atoms with Crippen molar-refractivity contribution in [2.45, 2.75) is 13.5 Å². The molecule has 1 fully saturated rings. The molecule has 0 spiro atoms. The van der Waals surface area contributed by atoms with E-state index in [0.717, 1.165) is 6.54 Å². The Morgan fingerprint density at radius 2 is 1.65 bits per heavy atom. The topological polar surface area (TPSA) is 22.3 Å². The molecule has 1 N–H and O–H groups in total. The Hall–Kier alpha value is -1.58. The van der Waals surface area contributed by atoms with E-state index in [1.54, 1.807) is 0 Å². The van der Waals surface area contributed by atoms with E-state index >= 15 is 0 Å². The van der Waals surface area contributed by atoms with Gasteiger partial charge in [-0.3, -0.25) is 4.90 Å². The summed E-state index contributed by atoms with van der Waals surface area (Å²) < 4.78 is 0. The first-order valence-electron chi connectivity index (χ1n) is 7.36. The number of benzene rings is 1. The van der Waals surface area contributed by atoms with Crippen LogP contribution in [0.5, 0.6) is 0 Å². The minimum atomic E-state index is 1.07. The van der Waals surface area contributed by atoms with E-state index < -0.39 is 0 Å². The van der Waals surface area contributed by atoms with Gasteiger partial charge in [0.15, 0.2) is 0 Å². The molecule has 0 aliphatic carbocycles. The number of piperazine rings is 1. The molecule has 1 aliphatic rings. The molecule has 0 radical (unpaired) electrons. The van der Waals surface area contributed by atoms with E-state index in [4.69, 9.17) is 0 Å². The molecular weight excluding hydrogens is 246 g/mol. The second-order valence-electron chi connectivity index (χ2n) is 5.83. The fourth-order valence-electron chi connectivity index (χ4n) is 2.73. The van der Waals surface area contributed by atoms with Gasteiger partial charge in [-0.25, -0.2) is 0 Å². The Labute approximate surface area is 121 Å². The van der Waals surface area contributed by atoms with E-state index in [0.29, 0.717) is 0 Å². The lowest BCUT2D eigenvalue weighted by Gasteiger charge is -2.32. The number of nitrogens with one attached hydrogen (secondary N) is 1. The zero-order chi connectivity index (χ0) is 13.9. The summed E-state index contributed by atoms with van der Waals surface area (Å²) in [5, 5.41) is 0. The van der Waals surface area contributed by atoms with Gasteiger partial charge in [0.2, 0.25) is 0 Å². The van der Waals surface area contributed by atoms with Gasteiger partial charge in [0, 0.05) is 44.1 Å². The zero-order valence-electron chi connectivity index (χ0n) is 12.4. The third-order valence-corrected chi connectivity index (χ3v) is 4.10. The molecule has 20 heavy (non-hydrogen) atoms. The van der Waals surface area contributed by atoms with Crippen LogP contribution in [0.4, 0.5) is 0 Å². The Balaban J connectivity index is 1.64. The SMILES string of the molecule is Cc1ccc(-c2ccc(CN3CCN(C)CC3)cc2)[nH]1. The van der Waals surface area contributed by atoms with Crippen molar-refractivity contribution >= 4 is 0 Å². The van der Waals surface area contributed by atoms with Crippen molar-refractivity contribution in [1.29, 1.82) is 0 Å². The molecule has 1 saturated heterocycles. The summed E-state index contributed by atoms with van der Waals surface area (Å²) in [6.45, 7) is 7.87. The quantitative estimate of drug-likeness (QED) is 0.925. The third kappa shape index (κ3) is 3.11. The molecule has 2 aromatic rings. The minimum Gasteiger partial charge on any atom is -0.359 e. The van der Waals surface area contributed by atoms with Crippen LogP contribution in [-0.2, 0) is 6.54 Å². The molecule has 3 rings (SSSR count). The second-order valence-corrected chi connectivity index (χ2v) is 5.83. The smallest absolute Gasteiger partial charge is 0.0455 e. The lowest BCUT2D eigenvalue weighted by molar-refractivity contribution is 0.148. The highest BCUT2D eigenvalue weighted by atomic mass is 15.2. The van der Waals surface area contributed by atoms with Gasteiger partial charge in [0.05, 0.1) is 0 Å². The number of nitrogens with zero attached hydrogens (tertiary/aromatic N) is 2. The molecule has 2 heterocycles. The summed E-state index contributed by atoms with van der Waals surface area (Å²) in [6, 6.07) is 13.2. The van der Waals surface area contributed by atoms with Gasteiger partial charge < -0.3 is 9.88 Å². The van der Waals surface area contributed by atoms with Crippen molar-refractivity contribution in [2.75, 3.05) is 33.2 Å². The number of hydrogen-bond acceptors (Lipinski definition) is 2. The predicted octanol–water partition coefficient (Wildman–Crippen LogP) is 2.74. The molecule has 0 saturated carbocycles. The van der Waals surface area contributed by atoms with Crippen molar-refractivity contribution in [3.05, 3.63) is 47.7 Å². The maximum atomic E-state index is 3.38. The van der Waals surface area contributed by atoms with Crippen LogP contribution in [0.3, 0.4) is 0 Å². The summed E-state index contributed by atoms with van der Waals surface area (Å²) in [4.78, 5) is 8.31. The number of aromatic nitrogens is 1. The zero-order valence-corrected chi connectivity index (χ0v) is 12.4. The summed E-state index contributed by atoms with van der Waals surface area (Å²) in [5.74, 6) is 0.